The summed E-state index contributed by atoms with van der Waals surface area (Å²) in [5.74, 6) is -0.231. The fourth-order valence-corrected chi connectivity index (χ4v) is 4.38. The van der Waals surface area contributed by atoms with Crippen LogP contribution in [0.5, 0.6) is 0 Å². The summed E-state index contributed by atoms with van der Waals surface area (Å²) in [4.78, 5) is 20.2. The quantitative estimate of drug-likeness (QED) is 0.732. The number of rotatable bonds is 7. The van der Waals surface area contributed by atoms with E-state index in [1.165, 1.54) is 5.56 Å². The predicted octanol–water partition coefficient (Wildman–Crippen LogP) is 3.53. The number of nitrogens with two attached hydrogens (primary N) is 1. The molecular weight excluding hydrogens is 368 g/mol. The van der Waals surface area contributed by atoms with Crippen molar-refractivity contribution in [3.05, 3.63) is 45.9 Å². The van der Waals surface area contributed by atoms with E-state index in [4.69, 9.17) is 17.3 Å². The highest BCUT2D eigenvalue weighted by molar-refractivity contribution is 7.07. The van der Waals surface area contributed by atoms with E-state index >= 15 is 0 Å². The molecule has 2 aromatic heterocycles. The lowest BCUT2D eigenvalue weighted by Gasteiger charge is -2.41. The van der Waals surface area contributed by atoms with E-state index in [2.05, 4.69) is 38.5 Å². The summed E-state index contributed by atoms with van der Waals surface area (Å²) in [6.07, 6.45) is 4.38. The molecule has 7 heteroatoms. The number of aromatic nitrogens is 1. The molecule has 5 nitrogen and oxygen atoms in total. The van der Waals surface area contributed by atoms with Crippen LogP contribution in [0.1, 0.15) is 31.7 Å². The second-order valence-corrected chi connectivity index (χ2v) is 8.05. The van der Waals surface area contributed by atoms with E-state index in [0.29, 0.717) is 17.6 Å². The summed E-state index contributed by atoms with van der Waals surface area (Å²) in [6, 6.07) is 6.71. The molecule has 1 aliphatic heterocycles. The Bertz CT molecular complexity index is 699. The lowest BCUT2D eigenvalue weighted by atomic mass is 9.99. The number of primary amides is 1. The lowest BCUT2D eigenvalue weighted by Crippen LogP contribution is -2.48. The first-order valence-corrected chi connectivity index (χ1v) is 10.3. The molecule has 1 atom stereocenters. The summed E-state index contributed by atoms with van der Waals surface area (Å²) in [6.45, 7) is 4.90. The van der Waals surface area contributed by atoms with Crippen molar-refractivity contribution in [1.29, 1.82) is 0 Å². The number of halogens is 1. The molecule has 1 fully saturated rings. The van der Waals surface area contributed by atoms with Gasteiger partial charge in [-0.25, -0.2) is 4.98 Å². The third-order valence-electron chi connectivity index (χ3n) is 5.04. The number of likely N-dealkylation sites (tertiary alicyclic amines) is 1. The first kappa shape index (κ1) is 19.1. The van der Waals surface area contributed by atoms with E-state index < -0.39 is 0 Å². The molecule has 3 heterocycles. The zero-order valence-corrected chi connectivity index (χ0v) is 16.5. The van der Waals surface area contributed by atoms with Gasteiger partial charge in [-0.15, -0.1) is 0 Å². The summed E-state index contributed by atoms with van der Waals surface area (Å²) in [7, 11) is 0. The summed E-state index contributed by atoms with van der Waals surface area (Å²) < 4.78 is 0. The Balaban J connectivity index is 1.69. The molecule has 0 saturated carbocycles. The van der Waals surface area contributed by atoms with Crippen LogP contribution < -0.4 is 10.6 Å². The topological polar surface area (TPSA) is 62.5 Å². The fourth-order valence-electron chi connectivity index (χ4n) is 3.61. The summed E-state index contributed by atoms with van der Waals surface area (Å²) in [5.41, 5.74) is 7.76. The van der Waals surface area contributed by atoms with Gasteiger partial charge in [0, 0.05) is 38.1 Å². The average Bonchev–Trinajstić information content (AvgIpc) is 3.13. The van der Waals surface area contributed by atoms with Crippen LogP contribution in [-0.4, -0.2) is 41.0 Å². The number of hydrogen-bond donors (Lipinski definition) is 1. The molecule has 2 N–H and O–H groups in total. The second-order valence-electron chi connectivity index (χ2n) is 6.89. The maximum Gasteiger partial charge on any atom is 0.218 e. The van der Waals surface area contributed by atoms with Gasteiger partial charge in [-0.05, 0) is 54.3 Å². The zero-order valence-electron chi connectivity index (χ0n) is 15.0. The summed E-state index contributed by atoms with van der Waals surface area (Å²) >= 11 is 7.69. The zero-order chi connectivity index (χ0) is 18.5. The molecule has 1 aliphatic rings. The van der Waals surface area contributed by atoms with Gasteiger partial charge >= 0.3 is 0 Å². The minimum atomic E-state index is -0.231. The molecule has 0 aromatic carbocycles. The van der Waals surface area contributed by atoms with Gasteiger partial charge in [-0.2, -0.15) is 11.3 Å². The second kappa shape index (κ2) is 8.84. The predicted molar refractivity (Wildman–Crippen MR) is 108 cm³/mol. The van der Waals surface area contributed by atoms with Gasteiger partial charge in [0.15, 0.2) is 0 Å². The Morgan fingerprint density at radius 3 is 2.77 bits per heavy atom. The highest BCUT2D eigenvalue weighted by atomic mass is 35.5. The number of anilines is 1. The largest absolute Gasteiger partial charge is 0.370 e. The van der Waals surface area contributed by atoms with E-state index in [0.717, 1.165) is 38.2 Å². The van der Waals surface area contributed by atoms with Crippen molar-refractivity contribution in [3.63, 3.8) is 0 Å². The van der Waals surface area contributed by atoms with Gasteiger partial charge in [0.2, 0.25) is 5.91 Å². The maximum absolute atomic E-state index is 11.2. The molecule has 2 aromatic rings. The molecular formula is C19H25ClN4OS. The normalized spacial score (nSPS) is 17.2. The number of nitrogens with zero attached hydrogens (tertiary/aromatic N) is 3. The number of carbonyl (C=O) groups excluding carboxylic acids is 1. The number of piperidine rings is 1. The van der Waals surface area contributed by atoms with Gasteiger partial charge in [-0.1, -0.05) is 11.6 Å². The number of pyridine rings is 1. The van der Waals surface area contributed by atoms with Crippen LogP contribution in [0.15, 0.2) is 35.2 Å². The minimum absolute atomic E-state index is 0.205. The van der Waals surface area contributed by atoms with Crippen LogP contribution in [0.4, 0.5) is 5.69 Å². The molecule has 0 spiro atoms. The van der Waals surface area contributed by atoms with E-state index in [9.17, 15) is 4.79 Å². The Morgan fingerprint density at radius 2 is 2.19 bits per heavy atom. The van der Waals surface area contributed by atoms with Crippen LogP contribution in [0.2, 0.25) is 5.15 Å². The molecule has 0 bridgehead atoms. The van der Waals surface area contributed by atoms with Crippen LogP contribution in [0.3, 0.4) is 0 Å². The first-order valence-electron chi connectivity index (χ1n) is 8.94. The van der Waals surface area contributed by atoms with E-state index in [1.807, 2.05) is 18.3 Å². The van der Waals surface area contributed by atoms with Crippen molar-refractivity contribution in [2.45, 2.75) is 44.8 Å². The lowest BCUT2D eigenvalue weighted by molar-refractivity contribution is -0.119. The number of hydrogen-bond acceptors (Lipinski definition) is 5. The fraction of sp³-hybridized carbons (Fsp3) is 0.474. The monoisotopic (exact) mass is 392 g/mol. The van der Waals surface area contributed by atoms with Crippen LogP contribution in [-0.2, 0) is 11.3 Å². The molecule has 1 amide bonds. The van der Waals surface area contributed by atoms with Crippen molar-refractivity contribution < 1.29 is 4.79 Å². The number of carbonyl (C=O) groups is 1. The smallest absolute Gasteiger partial charge is 0.218 e. The van der Waals surface area contributed by atoms with Gasteiger partial charge in [0.25, 0.3) is 0 Å². The van der Waals surface area contributed by atoms with Gasteiger partial charge < -0.3 is 10.6 Å². The van der Waals surface area contributed by atoms with Crippen molar-refractivity contribution in [2.24, 2.45) is 5.73 Å². The summed E-state index contributed by atoms with van der Waals surface area (Å²) in [5, 5.41) is 4.82. The average molecular weight is 393 g/mol. The van der Waals surface area contributed by atoms with Gasteiger partial charge in [0.05, 0.1) is 11.9 Å². The van der Waals surface area contributed by atoms with Gasteiger partial charge in [-0.3, -0.25) is 9.69 Å². The van der Waals surface area contributed by atoms with Crippen molar-refractivity contribution in [1.82, 2.24) is 9.88 Å². The first-order chi connectivity index (χ1) is 12.5. The Labute approximate surface area is 163 Å². The molecule has 140 valence electrons. The molecule has 1 unspecified atom stereocenters. The van der Waals surface area contributed by atoms with Crippen LogP contribution in [0, 0.1) is 0 Å². The molecule has 0 aliphatic carbocycles. The minimum Gasteiger partial charge on any atom is -0.370 e. The Hall–Kier alpha value is -1.63. The van der Waals surface area contributed by atoms with E-state index in [1.54, 1.807) is 11.3 Å². The van der Waals surface area contributed by atoms with Crippen LogP contribution in [0.25, 0.3) is 0 Å². The standard InChI is InChI=1S/C19H25ClN4OS/c1-14(10-19(21)25)23-7-4-16(5-8-23)24(12-15-6-9-26-13-15)17-2-3-18(20)22-11-17/h2-3,6,9,11,13-14,16H,4-5,7-8,10,12H2,1H3,(H2,21,25). The van der Waals surface area contributed by atoms with Crippen molar-refractivity contribution in [3.8, 4) is 0 Å². The van der Waals surface area contributed by atoms with Crippen molar-refractivity contribution in [2.75, 3.05) is 18.0 Å². The number of thiophene rings is 1. The van der Waals surface area contributed by atoms with Gasteiger partial charge in [0.1, 0.15) is 5.15 Å². The van der Waals surface area contributed by atoms with Crippen molar-refractivity contribution >= 4 is 34.5 Å². The maximum atomic E-state index is 11.2. The third kappa shape index (κ3) is 4.96. The van der Waals surface area contributed by atoms with E-state index in [-0.39, 0.29) is 11.9 Å². The SMILES string of the molecule is CC(CC(N)=O)N1CCC(N(Cc2ccsc2)c2ccc(Cl)nc2)CC1. The molecule has 26 heavy (non-hydrogen) atoms. The third-order valence-corrected chi connectivity index (χ3v) is 5.99. The molecule has 0 radical (unpaired) electrons. The van der Waals surface area contributed by atoms with Crippen LogP contribution >= 0.6 is 22.9 Å². The number of amides is 1. The molecule has 1 saturated heterocycles. The Kier molecular flexibility index (Phi) is 6.51. The highest BCUT2D eigenvalue weighted by Crippen LogP contribution is 2.27. The Morgan fingerprint density at radius 1 is 1.42 bits per heavy atom. The highest BCUT2D eigenvalue weighted by Gasteiger charge is 2.28. The molecule has 3 rings (SSSR count).